The smallest absolute Gasteiger partial charge is 0.213 e. The summed E-state index contributed by atoms with van der Waals surface area (Å²) in [6, 6.07) is 3.33. The Hall–Kier alpha value is -3.10. The highest BCUT2D eigenvalue weighted by Gasteiger charge is 2.19. The molecule has 8 N–H and O–H groups in total. The highest BCUT2D eigenvalue weighted by Crippen LogP contribution is 2.23. The Kier molecular flexibility index (Phi) is 14.0. The third kappa shape index (κ3) is 11.2. The van der Waals surface area contributed by atoms with Crippen LogP contribution < -0.4 is 26.8 Å². The number of allylic oxidation sites excluding steroid dienone is 1. The second-order valence-electron chi connectivity index (χ2n) is 8.14. The zero-order valence-corrected chi connectivity index (χ0v) is 20.6. The number of hydrogen-bond acceptors (Lipinski definition) is 7. The van der Waals surface area contributed by atoms with E-state index in [2.05, 4.69) is 42.6 Å². The van der Waals surface area contributed by atoms with Crippen molar-refractivity contribution >= 4 is 5.84 Å². The lowest BCUT2D eigenvalue weighted by atomic mass is 9.96. The van der Waals surface area contributed by atoms with Crippen LogP contribution in [0.2, 0.25) is 0 Å². The first-order valence-corrected chi connectivity index (χ1v) is 11.9. The van der Waals surface area contributed by atoms with E-state index >= 15 is 0 Å². The molecule has 0 aliphatic heterocycles. The Morgan fingerprint density at radius 2 is 2.06 bits per heavy atom. The third-order valence-electron chi connectivity index (χ3n) is 5.26. The molecule has 1 heterocycles. The van der Waals surface area contributed by atoms with Crippen LogP contribution in [0.5, 0.6) is 5.88 Å². The van der Waals surface area contributed by atoms with Gasteiger partial charge in [-0.25, -0.2) is 4.98 Å². The predicted molar refractivity (Wildman–Crippen MR) is 141 cm³/mol. The van der Waals surface area contributed by atoms with Gasteiger partial charge in [0.05, 0.1) is 11.7 Å². The molecular weight excluding hydrogens is 428 g/mol. The van der Waals surface area contributed by atoms with Gasteiger partial charge in [-0.15, -0.1) is 0 Å². The van der Waals surface area contributed by atoms with Gasteiger partial charge in [-0.05, 0) is 62.9 Å². The molecule has 0 bridgehead atoms. The first-order chi connectivity index (χ1) is 16.3. The number of ether oxygens (including phenoxy) is 1. The van der Waals surface area contributed by atoms with Gasteiger partial charge in [0.15, 0.2) is 0 Å². The van der Waals surface area contributed by atoms with Gasteiger partial charge in [-0.1, -0.05) is 32.6 Å². The van der Waals surface area contributed by atoms with Gasteiger partial charge >= 0.3 is 0 Å². The molecule has 34 heavy (non-hydrogen) atoms. The number of amidine groups is 1. The summed E-state index contributed by atoms with van der Waals surface area (Å²) in [5, 5.41) is 23.6. The van der Waals surface area contributed by atoms with E-state index in [4.69, 9.17) is 21.6 Å². The van der Waals surface area contributed by atoms with Crippen molar-refractivity contribution in [3.8, 4) is 5.88 Å². The molecule has 8 nitrogen and oxygen atoms in total. The number of aliphatic hydroxyl groups excluding tert-OH is 1. The summed E-state index contributed by atoms with van der Waals surface area (Å²) in [6.45, 7) is 13.7. The maximum atomic E-state index is 9.70. The molecule has 1 unspecified atom stereocenters. The minimum Gasteiger partial charge on any atom is -0.508 e. The van der Waals surface area contributed by atoms with Crippen molar-refractivity contribution in [2.75, 3.05) is 19.6 Å². The van der Waals surface area contributed by atoms with E-state index < -0.39 is 6.04 Å². The average molecular weight is 471 g/mol. The molecule has 1 aliphatic rings. The molecule has 0 saturated heterocycles. The maximum absolute atomic E-state index is 9.70. The van der Waals surface area contributed by atoms with Crippen molar-refractivity contribution in [3.05, 3.63) is 72.3 Å². The van der Waals surface area contributed by atoms with Gasteiger partial charge in [0, 0.05) is 30.9 Å². The van der Waals surface area contributed by atoms with E-state index in [1.54, 1.807) is 12.3 Å². The van der Waals surface area contributed by atoms with Crippen LogP contribution in [0.3, 0.4) is 0 Å². The van der Waals surface area contributed by atoms with Crippen LogP contribution in [-0.2, 0) is 0 Å². The first kappa shape index (κ1) is 28.9. The van der Waals surface area contributed by atoms with E-state index in [1.165, 1.54) is 37.0 Å². The number of unbranched alkanes of at least 4 members (excludes halogenated alkanes) is 1. The molecular formula is C26H42N6O2. The van der Waals surface area contributed by atoms with E-state index in [1.807, 2.05) is 12.1 Å². The Bertz CT molecular complexity index is 845. The molecule has 8 heteroatoms. The molecule has 1 aromatic rings. The summed E-state index contributed by atoms with van der Waals surface area (Å²) in [5.41, 5.74) is 13.6. The van der Waals surface area contributed by atoms with Gasteiger partial charge < -0.3 is 31.9 Å². The number of rotatable bonds is 14. The van der Waals surface area contributed by atoms with Gasteiger partial charge in [0.1, 0.15) is 17.7 Å². The Balaban J connectivity index is 0.000000398. The summed E-state index contributed by atoms with van der Waals surface area (Å²) in [4.78, 5) is 4.14. The highest BCUT2D eigenvalue weighted by atomic mass is 16.5. The molecule has 0 radical (unpaired) electrons. The van der Waals surface area contributed by atoms with E-state index in [9.17, 15) is 5.11 Å². The molecule has 1 aliphatic carbocycles. The van der Waals surface area contributed by atoms with Crippen LogP contribution >= 0.6 is 0 Å². The number of nitrogens with zero attached hydrogens (tertiary/aromatic N) is 1. The van der Waals surface area contributed by atoms with Crippen molar-refractivity contribution < 1.29 is 9.84 Å². The fourth-order valence-corrected chi connectivity index (χ4v) is 2.99. The largest absolute Gasteiger partial charge is 0.508 e. The number of aryl methyl sites for hydroxylation is 1. The molecule has 0 spiro atoms. The lowest BCUT2D eigenvalue weighted by Crippen LogP contribution is -2.34. The van der Waals surface area contributed by atoms with Crippen molar-refractivity contribution in [1.29, 1.82) is 5.41 Å². The zero-order valence-electron chi connectivity index (χ0n) is 20.6. The Labute approximate surface area is 204 Å². The van der Waals surface area contributed by atoms with Gasteiger partial charge in [0.2, 0.25) is 5.88 Å². The Morgan fingerprint density at radius 3 is 2.59 bits per heavy atom. The highest BCUT2D eigenvalue weighted by molar-refractivity contribution is 5.93. The summed E-state index contributed by atoms with van der Waals surface area (Å²) < 4.78 is 5.62. The van der Waals surface area contributed by atoms with Gasteiger partial charge in [0.25, 0.3) is 0 Å². The van der Waals surface area contributed by atoms with Crippen LogP contribution in [-0.4, -0.2) is 47.7 Å². The molecule has 188 valence electrons. The van der Waals surface area contributed by atoms with Crippen LogP contribution in [0.4, 0.5) is 0 Å². The number of aromatic nitrogens is 1. The molecule has 2 rings (SSSR count). The molecule has 1 fully saturated rings. The van der Waals surface area contributed by atoms with Crippen LogP contribution in [0.25, 0.3) is 0 Å². The molecule has 1 aromatic heterocycles. The average Bonchev–Trinajstić information content (AvgIpc) is 2.78. The standard InChI is InChI=1S/C16H29N5O.C10H13NO/c1-4-7-8-20-9-10-21-14(16(18)19)11-13(17)12(5-2)15(22)6-3;1-8-5-6-11-10(7-8)12-9-3-2-4-9/h5-6,11,13,20-22H,2-4,7-10,17H2,1H3,(H3,18,19);5-7,9H,2-4H2,1H3/b14-11+,15-12-;. The summed E-state index contributed by atoms with van der Waals surface area (Å²) in [7, 11) is 0. The number of pyridine rings is 1. The van der Waals surface area contributed by atoms with Crippen molar-refractivity contribution in [2.45, 2.75) is 58.1 Å². The van der Waals surface area contributed by atoms with Gasteiger partial charge in [-0.2, -0.15) is 0 Å². The monoisotopic (exact) mass is 470 g/mol. The predicted octanol–water partition coefficient (Wildman–Crippen LogP) is 3.62. The normalized spacial score (nSPS) is 15.1. The minimum absolute atomic E-state index is 0.0390. The lowest BCUT2D eigenvalue weighted by molar-refractivity contribution is 0.114. The summed E-state index contributed by atoms with van der Waals surface area (Å²) in [6.07, 6.45) is 12.5. The van der Waals surface area contributed by atoms with Crippen molar-refractivity contribution in [2.24, 2.45) is 11.5 Å². The fourth-order valence-electron chi connectivity index (χ4n) is 2.99. The molecule has 1 saturated carbocycles. The first-order valence-electron chi connectivity index (χ1n) is 11.9. The summed E-state index contributed by atoms with van der Waals surface area (Å²) >= 11 is 0. The van der Waals surface area contributed by atoms with Crippen LogP contribution in [0, 0.1) is 12.3 Å². The van der Waals surface area contributed by atoms with Crippen molar-refractivity contribution in [1.82, 2.24) is 15.6 Å². The Morgan fingerprint density at radius 1 is 1.32 bits per heavy atom. The number of nitrogens with two attached hydrogens (primary N) is 2. The number of nitrogens with one attached hydrogen (secondary N) is 3. The number of aliphatic hydroxyl groups is 1. The third-order valence-corrected chi connectivity index (χ3v) is 5.26. The zero-order chi connectivity index (χ0) is 25.3. The second kappa shape index (κ2) is 16.5. The lowest BCUT2D eigenvalue weighted by Gasteiger charge is -2.25. The van der Waals surface area contributed by atoms with Crippen molar-refractivity contribution in [3.63, 3.8) is 0 Å². The molecule has 0 amide bonds. The molecule has 0 aromatic carbocycles. The fraction of sp³-hybridized carbons (Fsp3) is 0.462. The quantitative estimate of drug-likeness (QED) is 0.0801. The van der Waals surface area contributed by atoms with Gasteiger partial charge in [-0.3, -0.25) is 5.41 Å². The van der Waals surface area contributed by atoms with E-state index in [0.29, 0.717) is 23.9 Å². The van der Waals surface area contributed by atoms with Crippen LogP contribution in [0.15, 0.2) is 66.7 Å². The van der Waals surface area contributed by atoms with Crippen LogP contribution in [0.1, 0.15) is 44.6 Å². The van der Waals surface area contributed by atoms with E-state index in [-0.39, 0.29) is 11.6 Å². The summed E-state index contributed by atoms with van der Waals surface area (Å²) in [5.74, 6) is 0.632. The molecule has 1 atom stereocenters. The topological polar surface area (TPSA) is 142 Å². The number of hydrogen-bond donors (Lipinski definition) is 6. The maximum Gasteiger partial charge on any atom is 0.213 e. The van der Waals surface area contributed by atoms with E-state index in [0.717, 1.165) is 31.8 Å². The minimum atomic E-state index is -0.630. The second-order valence-corrected chi connectivity index (χ2v) is 8.14. The SMILES string of the molecule is C=C/C(O)=C(\C=C)C(N)/C=C(/NCCNCCCC)C(=N)N.Cc1ccnc(OC2CCC2)c1.